The number of rotatable bonds is 3. The fourth-order valence-corrected chi connectivity index (χ4v) is 4.98. The number of halogens is 3. The van der Waals surface area contributed by atoms with Gasteiger partial charge < -0.3 is 9.31 Å². The second-order valence-electron chi connectivity index (χ2n) is 8.61. The standard InChI is InChI=1S/C16H26BF3O2/c1-9(2)6-12(16(18,19)20)17-21-13-8-10-7-11(14(10,3)4)15(13,5)22-17/h9-13H,6-8H2,1-5H3/t10?,11?,12-,13?,15-/m1/s1. The number of hydrogen-bond acceptors (Lipinski definition) is 2. The van der Waals surface area contributed by atoms with Crippen LogP contribution in [0.15, 0.2) is 0 Å². The SMILES string of the molecule is CC(C)C[C@@H](B1OC2CC3CC(C3(C)C)[C@@]2(C)O1)C(F)(F)F. The quantitative estimate of drug-likeness (QED) is 0.703. The Morgan fingerprint density at radius 1 is 1.18 bits per heavy atom. The molecule has 0 aromatic carbocycles. The van der Waals surface area contributed by atoms with Gasteiger partial charge in [0, 0.05) is 0 Å². The molecular weight excluding hydrogens is 292 g/mol. The lowest BCUT2D eigenvalue weighted by molar-refractivity contribution is -0.200. The maximum absolute atomic E-state index is 13.4. The van der Waals surface area contributed by atoms with E-state index in [0.29, 0.717) is 11.8 Å². The van der Waals surface area contributed by atoms with Crippen molar-refractivity contribution in [2.75, 3.05) is 0 Å². The first-order valence-corrected chi connectivity index (χ1v) is 8.36. The lowest BCUT2D eigenvalue weighted by Crippen LogP contribution is -2.65. The van der Waals surface area contributed by atoms with Gasteiger partial charge in [-0.15, -0.1) is 0 Å². The molecule has 1 heterocycles. The van der Waals surface area contributed by atoms with Gasteiger partial charge in [-0.25, -0.2) is 0 Å². The summed E-state index contributed by atoms with van der Waals surface area (Å²) in [4.78, 5) is 0. The molecule has 6 heteroatoms. The molecule has 0 aromatic heterocycles. The van der Waals surface area contributed by atoms with E-state index in [1.165, 1.54) is 0 Å². The maximum atomic E-state index is 13.4. The number of alkyl halides is 3. The average molecular weight is 318 g/mol. The van der Waals surface area contributed by atoms with E-state index in [-0.39, 0.29) is 23.9 Å². The van der Waals surface area contributed by atoms with E-state index in [2.05, 4.69) is 13.8 Å². The van der Waals surface area contributed by atoms with Crippen molar-refractivity contribution in [1.82, 2.24) is 0 Å². The van der Waals surface area contributed by atoms with Crippen molar-refractivity contribution >= 4 is 7.12 Å². The van der Waals surface area contributed by atoms with Gasteiger partial charge in [0.15, 0.2) is 0 Å². The number of hydrogen-bond donors (Lipinski definition) is 0. The summed E-state index contributed by atoms with van der Waals surface area (Å²) in [5.74, 6) is -0.733. The molecule has 3 saturated carbocycles. The van der Waals surface area contributed by atoms with Crippen LogP contribution in [-0.2, 0) is 9.31 Å². The Morgan fingerprint density at radius 2 is 1.82 bits per heavy atom. The minimum Gasteiger partial charge on any atom is -0.405 e. The van der Waals surface area contributed by atoms with Crippen LogP contribution in [-0.4, -0.2) is 25.0 Å². The summed E-state index contributed by atoms with van der Waals surface area (Å²) in [6.07, 6.45) is -2.54. The second-order valence-corrected chi connectivity index (χ2v) is 8.61. The van der Waals surface area contributed by atoms with Gasteiger partial charge in [0.05, 0.1) is 17.5 Å². The first-order chi connectivity index (χ1) is 9.96. The summed E-state index contributed by atoms with van der Waals surface area (Å²) in [5, 5.41) is 0. The largest absolute Gasteiger partial charge is 0.470 e. The molecule has 22 heavy (non-hydrogen) atoms. The van der Waals surface area contributed by atoms with Crippen LogP contribution in [0.5, 0.6) is 0 Å². The van der Waals surface area contributed by atoms with Crippen molar-refractivity contribution in [1.29, 1.82) is 0 Å². The van der Waals surface area contributed by atoms with Crippen molar-refractivity contribution in [3.8, 4) is 0 Å². The molecule has 0 aromatic rings. The van der Waals surface area contributed by atoms with Crippen LogP contribution in [0.3, 0.4) is 0 Å². The highest BCUT2D eigenvalue weighted by Gasteiger charge is 2.69. The molecule has 1 saturated heterocycles. The zero-order valence-corrected chi connectivity index (χ0v) is 14.0. The molecule has 2 bridgehead atoms. The lowest BCUT2D eigenvalue weighted by atomic mass is 9.43. The monoisotopic (exact) mass is 318 g/mol. The molecule has 2 nitrogen and oxygen atoms in total. The summed E-state index contributed by atoms with van der Waals surface area (Å²) in [5.41, 5.74) is -0.418. The van der Waals surface area contributed by atoms with Crippen LogP contribution in [0.2, 0.25) is 5.82 Å². The van der Waals surface area contributed by atoms with Gasteiger partial charge in [-0.2, -0.15) is 13.2 Å². The fourth-order valence-electron chi connectivity index (χ4n) is 4.98. The predicted molar refractivity (Wildman–Crippen MR) is 79.4 cm³/mol. The minimum atomic E-state index is -4.28. The maximum Gasteiger partial charge on any atom is 0.470 e. The normalized spacial score (nSPS) is 41.3. The summed E-state index contributed by atoms with van der Waals surface area (Å²) in [7, 11) is -1.15. The van der Waals surface area contributed by atoms with Crippen LogP contribution in [0.4, 0.5) is 13.2 Å². The Bertz CT molecular complexity index is 451. The third-order valence-corrected chi connectivity index (χ3v) is 6.44. The second kappa shape index (κ2) is 4.89. The predicted octanol–water partition coefficient (Wildman–Crippen LogP) is 4.69. The highest BCUT2D eigenvalue weighted by atomic mass is 19.4. The molecule has 0 N–H and O–H groups in total. The fraction of sp³-hybridized carbons (Fsp3) is 1.00. The van der Waals surface area contributed by atoms with E-state index in [1.807, 2.05) is 20.8 Å². The van der Waals surface area contributed by atoms with Gasteiger partial charge in [0.2, 0.25) is 0 Å². The summed E-state index contributed by atoms with van der Waals surface area (Å²) in [6.45, 7) is 9.99. The van der Waals surface area contributed by atoms with E-state index < -0.39 is 24.7 Å². The van der Waals surface area contributed by atoms with Gasteiger partial charge in [-0.1, -0.05) is 27.7 Å². The molecular formula is C16H26BF3O2. The first kappa shape index (κ1) is 16.6. The molecule has 5 atom stereocenters. The molecule has 4 aliphatic rings. The Morgan fingerprint density at radius 3 is 2.32 bits per heavy atom. The topological polar surface area (TPSA) is 18.5 Å². The lowest BCUT2D eigenvalue weighted by Gasteiger charge is -2.64. The minimum absolute atomic E-state index is 0.0422. The van der Waals surface area contributed by atoms with Gasteiger partial charge in [0.1, 0.15) is 0 Å². The third-order valence-electron chi connectivity index (χ3n) is 6.44. The van der Waals surface area contributed by atoms with Crippen molar-refractivity contribution in [3.63, 3.8) is 0 Å². The van der Waals surface area contributed by atoms with Gasteiger partial charge in [-0.05, 0) is 49.4 Å². The Hall–Kier alpha value is -0.225. The first-order valence-electron chi connectivity index (χ1n) is 8.36. The van der Waals surface area contributed by atoms with Crippen molar-refractivity contribution in [2.45, 2.75) is 77.6 Å². The van der Waals surface area contributed by atoms with Crippen LogP contribution >= 0.6 is 0 Å². The molecule has 3 unspecified atom stereocenters. The van der Waals surface area contributed by atoms with E-state index in [4.69, 9.17) is 9.31 Å². The van der Waals surface area contributed by atoms with Crippen molar-refractivity contribution in [2.24, 2.45) is 23.2 Å². The molecule has 0 radical (unpaired) electrons. The molecule has 4 fully saturated rings. The molecule has 3 aliphatic carbocycles. The molecule has 0 amide bonds. The van der Waals surface area contributed by atoms with Crippen molar-refractivity contribution in [3.05, 3.63) is 0 Å². The van der Waals surface area contributed by atoms with Gasteiger partial charge in [0.25, 0.3) is 0 Å². The molecule has 126 valence electrons. The summed E-state index contributed by atoms with van der Waals surface area (Å²) < 4.78 is 52.1. The molecule has 4 rings (SSSR count). The molecule has 1 aliphatic heterocycles. The van der Waals surface area contributed by atoms with Crippen LogP contribution in [0.1, 0.15) is 53.9 Å². The van der Waals surface area contributed by atoms with Crippen LogP contribution < -0.4 is 0 Å². The van der Waals surface area contributed by atoms with E-state index in [0.717, 1.165) is 12.8 Å². The van der Waals surface area contributed by atoms with Crippen molar-refractivity contribution < 1.29 is 22.5 Å². The highest BCUT2D eigenvalue weighted by Crippen LogP contribution is 2.66. The smallest absolute Gasteiger partial charge is 0.405 e. The van der Waals surface area contributed by atoms with Crippen LogP contribution in [0, 0.1) is 23.2 Å². The van der Waals surface area contributed by atoms with Crippen LogP contribution in [0.25, 0.3) is 0 Å². The van der Waals surface area contributed by atoms with Gasteiger partial charge >= 0.3 is 13.3 Å². The van der Waals surface area contributed by atoms with E-state index >= 15 is 0 Å². The third kappa shape index (κ3) is 2.32. The molecule has 0 spiro atoms. The van der Waals surface area contributed by atoms with E-state index in [1.54, 1.807) is 0 Å². The zero-order valence-electron chi connectivity index (χ0n) is 14.0. The summed E-state index contributed by atoms with van der Waals surface area (Å²) in [6, 6.07) is 0. The summed E-state index contributed by atoms with van der Waals surface area (Å²) >= 11 is 0. The van der Waals surface area contributed by atoms with Gasteiger partial charge in [-0.3, -0.25) is 0 Å². The Kier molecular flexibility index (Phi) is 3.69. The van der Waals surface area contributed by atoms with E-state index in [9.17, 15) is 13.2 Å². The average Bonchev–Trinajstić information content (AvgIpc) is 2.70. The Balaban J connectivity index is 1.81. The highest BCUT2D eigenvalue weighted by molar-refractivity contribution is 6.47. The Labute approximate surface area is 131 Å². The zero-order chi connectivity index (χ0) is 16.5.